The minimum atomic E-state index is -2.39. The number of carbonyl (C=O) groups excluding carboxylic acids is 1. The van der Waals surface area contributed by atoms with Crippen molar-refractivity contribution in [3.8, 4) is 5.75 Å². The van der Waals surface area contributed by atoms with Crippen molar-refractivity contribution < 1.29 is 62.1 Å². The van der Waals surface area contributed by atoms with E-state index < -0.39 is 62.3 Å². The first-order valence-corrected chi connectivity index (χ1v) is 24.2. The van der Waals surface area contributed by atoms with Gasteiger partial charge in [-0.25, -0.2) is 0 Å². The van der Waals surface area contributed by atoms with Crippen LogP contribution in [0.25, 0.3) is 0 Å². The van der Waals surface area contributed by atoms with Gasteiger partial charge in [-0.2, -0.15) is 0 Å². The number of benzene rings is 1. The van der Waals surface area contributed by atoms with E-state index >= 15 is 0 Å². The Morgan fingerprint density at radius 1 is 0.931 bits per heavy atom. The van der Waals surface area contributed by atoms with Crippen molar-refractivity contribution >= 4 is 14.3 Å². The van der Waals surface area contributed by atoms with E-state index in [-0.39, 0.29) is 61.2 Å². The third-order valence-corrected chi connectivity index (χ3v) is 17.4. The first-order chi connectivity index (χ1) is 27.2. The van der Waals surface area contributed by atoms with E-state index in [9.17, 15) is 15.0 Å². The SMILES string of the molecule is COCO[C@H]([C@@H]1C[C@@H](C)C[C@]2(C[C@@H](C)C[C@@H]([C@@H](O[Si](C)(C)C(C)(C)C)[C@@H](C)C[C@H](O)[C@@H](O)[C@@H](C)[C@H](CC(=O)OC)OCc3ccc(OC)cc3)O2)O1)C1(C)OCCO1. The second-order valence-electron chi connectivity index (χ2n) is 19.0. The lowest BCUT2D eigenvalue weighted by molar-refractivity contribution is -0.367. The van der Waals surface area contributed by atoms with Crippen LogP contribution in [0.4, 0.5) is 0 Å². The zero-order valence-corrected chi connectivity index (χ0v) is 38.6. The Morgan fingerprint density at radius 3 is 2.07 bits per heavy atom. The summed E-state index contributed by atoms with van der Waals surface area (Å²) in [7, 11) is 2.14. The zero-order valence-electron chi connectivity index (χ0n) is 37.6. The summed E-state index contributed by atoms with van der Waals surface area (Å²) in [5.74, 6) is -1.97. The molecule has 334 valence electrons. The summed E-state index contributed by atoms with van der Waals surface area (Å²) in [6.07, 6.45) is -1.69. The Labute approximate surface area is 349 Å². The van der Waals surface area contributed by atoms with Gasteiger partial charge in [-0.1, -0.05) is 60.6 Å². The van der Waals surface area contributed by atoms with Gasteiger partial charge in [0.2, 0.25) is 0 Å². The topological polar surface area (TPSA) is 150 Å². The number of aliphatic hydroxyl groups is 2. The van der Waals surface area contributed by atoms with Crippen molar-refractivity contribution in [2.24, 2.45) is 23.7 Å². The molecule has 0 aromatic heterocycles. The van der Waals surface area contributed by atoms with Crippen LogP contribution in [0.3, 0.4) is 0 Å². The number of rotatable bonds is 20. The van der Waals surface area contributed by atoms with Crippen molar-refractivity contribution in [3.63, 3.8) is 0 Å². The Hall–Kier alpha value is -1.69. The molecule has 1 spiro atoms. The second kappa shape index (κ2) is 20.9. The van der Waals surface area contributed by atoms with Gasteiger partial charge in [0.15, 0.2) is 19.9 Å². The lowest BCUT2D eigenvalue weighted by Gasteiger charge is -2.54. The summed E-state index contributed by atoms with van der Waals surface area (Å²) < 4.78 is 61.9. The van der Waals surface area contributed by atoms with E-state index in [0.717, 1.165) is 24.2 Å². The molecule has 58 heavy (non-hydrogen) atoms. The van der Waals surface area contributed by atoms with Crippen LogP contribution in [0, 0.1) is 23.7 Å². The minimum Gasteiger partial charge on any atom is -0.497 e. The molecule has 3 heterocycles. The molecule has 3 aliphatic heterocycles. The fraction of sp³-hybridized carbons (Fsp3) is 0.841. The molecule has 0 radical (unpaired) electrons. The van der Waals surface area contributed by atoms with Gasteiger partial charge in [0.1, 0.15) is 18.6 Å². The molecular weight excluding hydrogens is 765 g/mol. The molecule has 1 aromatic rings. The van der Waals surface area contributed by atoms with Gasteiger partial charge in [0, 0.05) is 25.9 Å². The third-order valence-electron chi connectivity index (χ3n) is 12.9. The van der Waals surface area contributed by atoms with Gasteiger partial charge >= 0.3 is 5.97 Å². The van der Waals surface area contributed by atoms with Crippen molar-refractivity contribution in [2.45, 2.75) is 173 Å². The van der Waals surface area contributed by atoms with E-state index in [1.165, 1.54) is 7.11 Å². The van der Waals surface area contributed by atoms with E-state index in [1.807, 2.05) is 31.2 Å². The van der Waals surface area contributed by atoms with Gasteiger partial charge in [0.05, 0.1) is 77.1 Å². The lowest BCUT2D eigenvalue weighted by Crippen LogP contribution is -2.61. The highest BCUT2D eigenvalue weighted by Gasteiger charge is 2.55. The Kier molecular flexibility index (Phi) is 17.7. The molecule has 0 aliphatic carbocycles. The van der Waals surface area contributed by atoms with Crippen LogP contribution in [0.15, 0.2) is 24.3 Å². The van der Waals surface area contributed by atoms with Crippen molar-refractivity contribution in [1.82, 2.24) is 0 Å². The molecule has 0 bridgehead atoms. The predicted octanol–water partition coefficient (Wildman–Crippen LogP) is 7.00. The summed E-state index contributed by atoms with van der Waals surface area (Å²) >= 11 is 0. The van der Waals surface area contributed by atoms with Crippen molar-refractivity contribution in [2.75, 3.05) is 41.3 Å². The molecule has 0 unspecified atom stereocenters. The van der Waals surface area contributed by atoms with Gasteiger partial charge in [-0.3, -0.25) is 4.79 Å². The van der Waals surface area contributed by atoms with Crippen LogP contribution in [0.5, 0.6) is 5.75 Å². The monoisotopic (exact) mass is 841 g/mol. The number of hydrogen-bond acceptors (Lipinski definition) is 13. The molecule has 3 fully saturated rings. The molecule has 12 atom stereocenters. The van der Waals surface area contributed by atoms with Crippen molar-refractivity contribution in [3.05, 3.63) is 29.8 Å². The Balaban J connectivity index is 1.57. The van der Waals surface area contributed by atoms with E-state index in [4.69, 9.17) is 47.1 Å². The van der Waals surface area contributed by atoms with Crippen molar-refractivity contribution in [1.29, 1.82) is 0 Å². The van der Waals surface area contributed by atoms with E-state index in [2.05, 4.69) is 54.6 Å². The maximum absolute atomic E-state index is 12.5. The Bertz CT molecular complexity index is 1390. The molecular formula is C44H76O13Si. The molecule has 2 N–H and O–H groups in total. The highest BCUT2D eigenvalue weighted by atomic mass is 28.4. The average Bonchev–Trinajstić information content (AvgIpc) is 3.60. The molecule has 14 heteroatoms. The number of methoxy groups -OCH3 is 3. The zero-order chi connectivity index (χ0) is 43.1. The molecule has 3 aliphatic rings. The number of aliphatic hydroxyl groups excluding tert-OH is 2. The third kappa shape index (κ3) is 12.7. The normalized spacial score (nSPS) is 28.9. The predicted molar refractivity (Wildman–Crippen MR) is 222 cm³/mol. The number of carbonyl (C=O) groups is 1. The number of hydrogen-bond donors (Lipinski definition) is 2. The molecule has 13 nitrogen and oxygen atoms in total. The molecule has 4 rings (SSSR count). The molecule has 0 saturated carbocycles. The average molecular weight is 841 g/mol. The van der Waals surface area contributed by atoms with Crippen LogP contribution in [-0.4, -0.2) is 120 Å². The van der Waals surface area contributed by atoms with Gasteiger partial charge in [0.25, 0.3) is 0 Å². The molecule has 0 amide bonds. The van der Waals surface area contributed by atoms with Gasteiger partial charge in [-0.05, 0) is 79.8 Å². The summed E-state index contributed by atoms with van der Waals surface area (Å²) in [5, 5.41) is 23.4. The summed E-state index contributed by atoms with van der Waals surface area (Å²) in [6, 6.07) is 7.45. The van der Waals surface area contributed by atoms with Gasteiger partial charge < -0.3 is 57.3 Å². The first kappa shape index (κ1) is 49.0. The summed E-state index contributed by atoms with van der Waals surface area (Å²) in [6.45, 7) is 22.5. The maximum atomic E-state index is 12.5. The lowest BCUT2D eigenvalue weighted by atomic mass is 9.79. The highest BCUT2D eigenvalue weighted by molar-refractivity contribution is 6.74. The fourth-order valence-electron chi connectivity index (χ4n) is 8.66. The number of esters is 1. The smallest absolute Gasteiger partial charge is 0.308 e. The van der Waals surface area contributed by atoms with Gasteiger partial charge in [-0.15, -0.1) is 0 Å². The standard InChI is InChI=1S/C44H76O13Si/c1-28-20-36(55-44(24-28)25-29(2)21-37(56-44)41(52-27-48-9)43(8)53-18-19-54-43)40(57-58(12,13)42(5,6)7)30(3)22-34(45)39(47)31(4)35(23-38(46)50-11)51-26-32-14-16-33(49-10)17-15-32/h14-17,28-31,34-37,39-41,45,47H,18-27H2,1-13H3/t28-,29+,30-,31-,34-,35-,36-,37-,39-,40-,41+,44-/m0/s1. The van der Waals surface area contributed by atoms with Crippen LogP contribution in [0.1, 0.15) is 99.5 Å². The highest BCUT2D eigenvalue weighted by Crippen LogP contribution is 2.48. The first-order valence-electron chi connectivity index (χ1n) is 21.3. The summed E-state index contributed by atoms with van der Waals surface area (Å²) in [5.41, 5.74) is 0.881. The van der Waals surface area contributed by atoms with E-state index in [0.29, 0.717) is 26.1 Å². The quantitative estimate of drug-likeness (QED) is 0.0790. The van der Waals surface area contributed by atoms with E-state index in [1.54, 1.807) is 21.1 Å². The van der Waals surface area contributed by atoms with Crippen LogP contribution < -0.4 is 4.74 Å². The molecule has 3 saturated heterocycles. The fourth-order valence-corrected chi connectivity index (χ4v) is 10.1. The molecule has 1 aromatic carbocycles. The maximum Gasteiger partial charge on any atom is 0.308 e. The largest absolute Gasteiger partial charge is 0.497 e. The Morgan fingerprint density at radius 2 is 1.52 bits per heavy atom. The second-order valence-corrected chi connectivity index (χ2v) is 23.7. The van der Waals surface area contributed by atoms with Crippen LogP contribution in [-0.2, 0) is 53.7 Å². The summed E-state index contributed by atoms with van der Waals surface area (Å²) in [4.78, 5) is 12.5. The number of ether oxygens (including phenoxy) is 9. The van der Waals surface area contributed by atoms with Crippen LogP contribution in [0.2, 0.25) is 18.1 Å². The minimum absolute atomic E-state index is 0.0685. The van der Waals surface area contributed by atoms with Crippen LogP contribution >= 0.6 is 0 Å².